The molecular formula is C11H8Br2N2O4. The number of ether oxygens (including phenoxy) is 1. The number of carboxylic acids is 1. The molecule has 1 N–H and O–H groups in total. The highest BCUT2D eigenvalue weighted by Crippen LogP contribution is 2.35. The number of benzene rings is 1. The molecule has 0 radical (unpaired) electrons. The van der Waals surface area contributed by atoms with E-state index in [0.717, 1.165) is 0 Å². The second-order valence-electron chi connectivity index (χ2n) is 3.60. The predicted octanol–water partition coefficient (Wildman–Crippen LogP) is 3.18. The maximum absolute atomic E-state index is 10.9. The first-order chi connectivity index (χ1) is 8.97. The number of aromatic carboxylic acids is 1. The summed E-state index contributed by atoms with van der Waals surface area (Å²) in [5, 5.41) is 12.6. The van der Waals surface area contributed by atoms with Crippen LogP contribution in [0.2, 0.25) is 0 Å². The van der Waals surface area contributed by atoms with E-state index in [4.69, 9.17) is 14.4 Å². The summed E-state index contributed by atoms with van der Waals surface area (Å²) in [6.45, 7) is 1.81. The van der Waals surface area contributed by atoms with Crippen molar-refractivity contribution in [2.24, 2.45) is 0 Å². The lowest BCUT2D eigenvalue weighted by Gasteiger charge is -2.09. The third-order valence-corrected chi connectivity index (χ3v) is 3.33. The van der Waals surface area contributed by atoms with Gasteiger partial charge in [0.15, 0.2) is 12.4 Å². The van der Waals surface area contributed by atoms with Crippen molar-refractivity contribution < 1.29 is 19.2 Å². The number of halogens is 2. The Hall–Kier alpha value is -1.41. The Kier molecular flexibility index (Phi) is 4.20. The maximum Gasteiger partial charge on any atom is 0.335 e. The highest BCUT2D eigenvalue weighted by Gasteiger charge is 2.14. The van der Waals surface area contributed by atoms with Crippen molar-refractivity contribution in [1.82, 2.24) is 10.1 Å². The molecule has 0 atom stereocenters. The highest BCUT2D eigenvalue weighted by molar-refractivity contribution is 9.11. The minimum Gasteiger partial charge on any atom is -0.481 e. The van der Waals surface area contributed by atoms with Crippen LogP contribution in [0.1, 0.15) is 22.1 Å². The van der Waals surface area contributed by atoms with Crippen molar-refractivity contribution in [1.29, 1.82) is 0 Å². The van der Waals surface area contributed by atoms with Gasteiger partial charge in [-0.3, -0.25) is 0 Å². The smallest absolute Gasteiger partial charge is 0.335 e. The normalized spacial score (nSPS) is 10.5. The molecule has 1 aromatic carbocycles. The topological polar surface area (TPSA) is 85.5 Å². The Bertz CT molecular complexity index is 604. The van der Waals surface area contributed by atoms with Crippen LogP contribution in [0.5, 0.6) is 5.75 Å². The van der Waals surface area contributed by atoms with Crippen LogP contribution in [0, 0.1) is 6.92 Å². The summed E-state index contributed by atoms with van der Waals surface area (Å²) >= 11 is 6.52. The average molecular weight is 392 g/mol. The summed E-state index contributed by atoms with van der Waals surface area (Å²) < 4.78 is 11.5. The van der Waals surface area contributed by atoms with Gasteiger partial charge in [-0.25, -0.2) is 4.79 Å². The van der Waals surface area contributed by atoms with Gasteiger partial charge in [0.25, 0.3) is 5.89 Å². The van der Waals surface area contributed by atoms with E-state index >= 15 is 0 Å². The number of hydrogen-bond acceptors (Lipinski definition) is 5. The molecule has 19 heavy (non-hydrogen) atoms. The summed E-state index contributed by atoms with van der Waals surface area (Å²) in [6, 6.07) is 2.92. The molecule has 0 unspecified atom stereocenters. The van der Waals surface area contributed by atoms with Crippen LogP contribution in [-0.2, 0) is 6.61 Å². The zero-order valence-corrected chi connectivity index (χ0v) is 12.9. The molecule has 6 nitrogen and oxygen atoms in total. The largest absolute Gasteiger partial charge is 0.481 e. The molecule has 0 amide bonds. The minimum absolute atomic E-state index is 0.102. The van der Waals surface area contributed by atoms with E-state index in [-0.39, 0.29) is 12.2 Å². The third kappa shape index (κ3) is 3.32. The fourth-order valence-electron chi connectivity index (χ4n) is 1.35. The summed E-state index contributed by atoms with van der Waals surface area (Å²) in [5.74, 6) is 0.331. The predicted molar refractivity (Wildman–Crippen MR) is 72.2 cm³/mol. The standard InChI is InChI=1S/C11H8Br2N2O4/c1-5-14-9(19-15-5)4-18-10-7(12)2-6(11(16)17)3-8(10)13/h2-3H,4H2,1H3,(H,16,17). The molecule has 100 valence electrons. The maximum atomic E-state index is 10.9. The molecule has 0 bridgehead atoms. The van der Waals surface area contributed by atoms with Crippen LogP contribution in [0.3, 0.4) is 0 Å². The molecule has 0 aliphatic heterocycles. The van der Waals surface area contributed by atoms with Gasteiger partial charge in [-0.05, 0) is 50.9 Å². The van der Waals surface area contributed by atoms with E-state index < -0.39 is 5.97 Å². The summed E-state index contributed by atoms with van der Waals surface area (Å²) in [6.07, 6.45) is 0. The van der Waals surface area contributed by atoms with E-state index in [0.29, 0.717) is 26.4 Å². The Balaban J connectivity index is 2.18. The van der Waals surface area contributed by atoms with Crippen molar-refractivity contribution >= 4 is 37.8 Å². The Morgan fingerprint density at radius 2 is 2.05 bits per heavy atom. The lowest BCUT2D eigenvalue weighted by atomic mass is 10.2. The van der Waals surface area contributed by atoms with Gasteiger partial charge in [-0.1, -0.05) is 5.16 Å². The summed E-state index contributed by atoms with van der Waals surface area (Å²) in [5.41, 5.74) is 0.153. The number of aryl methyl sites for hydroxylation is 1. The average Bonchev–Trinajstić information content (AvgIpc) is 2.73. The molecule has 1 aromatic heterocycles. The molecule has 0 aliphatic carbocycles. The van der Waals surface area contributed by atoms with E-state index in [1.54, 1.807) is 6.92 Å². The number of rotatable bonds is 4. The number of carbonyl (C=O) groups is 1. The first kappa shape index (κ1) is 14.0. The molecule has 8 heteroatoms. The lowest BCUT2D eigenvalue weighted by Crippen LogP contribution is -2.00. The molecule has 0 saturated carbocycles. The monoisotopic (exact) mass is 390 g/mol. The van der Waals surface area contributed by atoms with E-state index in [1.165, 1.54) is 12.1 Å². The van der Waals surface area contributed by atoms with Crippen LogP contribution in [0.4, 0.5) is 0 Å². The highest BCUT2D eigenvalue weighted by atomic mass is 79.9. The van der Waals surface area contributed by atoms with E-state index in [9.17, 15) is 4.79 Å². The quantitative estimate of drug-likeness (QED) is 0.861. The second-order valence-corrected chi connectivity index (χ2v) is 5.31. The van der Waals surface area contributed by atoms with Gasteiger partial charge in [0.1, 0.15) is 5.75 Å². The number of carboxylic acid groups (broad SMARTS) is 1. The van der Waals surface area contributed by atoms with Gasteiger partial charge < -0.3 is 14.4 Å². The molecule has 2 aromatic rings. The SMILES string of the molecule is Cc1noc(COc2c(Br)cc(C(=O)O)cc2Br)n1. The van der Waals surface area contributed by atoms with Crippen molar-refractivity contribution in [3.05, 3.63) is 38.4 Å². The van der Waals surface area contributed by atoms with Crippen molar-refractivity contribution in [3.8, 4) is 5.75 Å². The van der Waals surface area contributed by atoms with Crippen LogP contribution >= 0.6 is 31.9 Å². The first-order valence-electron chi connectivity index (χ1n) is 5.11. The van der Waals surface area contributed by atoms with Crippen molar-refractivity contribution in [2.45, 2.75) is 13.5 Å². The van der Waals surface area contributed by atoms with E-state index in [2.05, 4.69) is 42.0 Å². The van der Waals surface area contributed by atoms with Crippen LogP contribution in [0.25, 0.3) is 0 Å². The van der Waals surface area contributed by atoms with E-state index in [1.807, 2.05) is 0 Å². The Labute approximate surface area is 125 Å². The molecule has 0 saturated heterocycles. The molecule has 0 spiro atoms. The van der Waals surface area contributed by atoms with Crippen LogP contribution in [-0.4, -0.2) is 21.2 Å². The fraction of sp³-hybridized carbons (Fsp3) is 0.182. The van der Waals surface area contributed by atoms with Crippen LogP contribution < -0.4 is 4.74 Å². The Morgan fingerprint density at radius 3 is 2.53 bits per heavy atom. The van der Waals surface area contributed by atoms with Crippen LogP contribution in [0.15, 0.2) is 25.6 Å². The molecule has 2 rings (SSSR count). The first-order valence-corrected chi connectivity index (χ1v) is 6.70. The van der Waals surface area contributed by atoms with Gasteiger partial charge in [0, 0.05) is 0 Å². The van der Waals surface area contributed by atoms with Gasteiger partial charge in [0.2, 0.25) is 0 Å². The fourth-order valence-corrected chi connectivity index (χ4v) is 2.77. The van der Waals surface area contributed by atoms with Crippen molar-refractivity contribution in [2.75, 3.05) is 0 Å². The number of nitrogens with zero attached hydrogens (tertiary/aromatic N) is 2. The molecule has 0 fully saturated rings. The lowest BCUT2D eigenvalue weighted by molar-refractivity contribution is 0.0696. The molecular weight excluding hydrogens is 384 g/mol. The zero-order chi connectivity index (χ0) is 14.0. The second kappa shape index (κ2) is 5.70. The summed E-state index contributed by atoms with van der Waals surface area (Å²) in [4.78, 5) is 14.9. The molecule has 0 aliphatic rings. The number of hydrogen-bond donors (Lipinski definition) is 1. The summed E-state index contributed by atoms with van der Waals surface area (Å²) in [7, 11) is 0. The number of aromatic nitrogens is 2. The zero-order valence-electron chi connectivity index (χ0n) is 9.68. The Morgan fingerprint density at radius 1 is 1.42 bits per heavy atom. The minimum atomic E-state index is -1.01. The van der Waals surface area contributed by atoms with Gasteiger partial charge in [-0.2, -0.15) is 4.98 Å². The van der Waals surface area contributed by atoms with Gasteiger partial charge >= 0.3 is 5.97 Å². The third-order valence-electron chi connectivity index (χ3n) is 2.15. The van der Waals surface area contributed by atoms with Crippen molar-refractivity contribution in [3.63, 3.8) is 0 Å². The van der Waals surface area contributed by atoms with Gasteiger partial charge in [0.05, 0.1) is 14.5 Å². The van der Waals surface area contributed by atoms with Gasteiger partial charge in [-0.15, -0.1) is 0 Å². The molecule has 1 heterocycles.